The molecule has 6 heteroatoms. The van der Waals surface area contributed by atoms with Crippen LogP contribution in [0.2, 0.25) is 0 Å². The molecule has 0 aliphatic carbocycles. The molecule has 0 aromatic heterocycles. The van der Waals surface area contributed by atoms with Gasteiger partial charge >= 0.3 is 6.18 Å². The van der Waals surface area contributed by atoms with Crippen molar-refractivity contribution >= 4 is 16.9 Å². The Morgan fingerprint density at radius 3 is 2.30 bits per heavy atom. The first-order valence-electron chi connectivity index (χ1n) is 8.81. The summed E-state index contributed by atoms with van der Waals surface area (Å²) in [6.07, 6.45) is -0.874. The molecule has 0 unspecified atom stereocenters. The minimum absolute atomic E-state index is 0.599. The van der Waals surface area contributed by atoms with Gasteiger partial charge in [0.05, 0.1) is 5.56 Å². The Labute approximate surface area is 155 Å². The molecule has 0 radical (unpaired) electrons. The van der Waals surface area contributed by atoms with Gasteiger partial charge < -0.3 is 9.80 Å². The standard InChI is InChI=1S/C21H18F3N3/c1-26-18-5-3-2-4-16(18)20(14-8-10-27(13-25)11-9-14)17-12-15(21(22,23)24)6-7-19(17)26/h2-7,12H,8-11H2,1H3. The van der Waals surface area contributed by atoms with E-state index in [4.69, 9.17) is 5.26 Å². The van der Waals surface area contributed by atoms with Gasteiger partial charge in [0.25, 0.3) is 0 Å². The van der Waals surface area contributed by atoms with Crippen molar-refractivity contribution in [1.82, 2.24) is 4.90 Å². The van der Waals surface area contributed by atoms with Gasteiger partial charge in [-0.3, -0.25) is 0 Å². The molecule has 2 heterocycles. The third-order valence-electron chi connectivity index (χ3n) is 5.35. The Morgan fingerprint density at radius 1 is 0.963 bits per heavy atom. The van der Waals surface area contributed by atoms with E-state index >= 15 is 0 Å². The highest BCUT2D eigenvalue weighted by Crippen LogP contribution is 2.48. The number of benzene rings is 2. The topological polar surface area (TPSA) is 30.3 Å². The highest BCUT2D eigenvalue weighted by atomic mass is 19.4. The molecule has 2 aliphatic rings. The Bertz CT molecular complexity index is 959. The Balaban J connectivity index is 1.93. The van der Waals surface area contributed by atoms with Crippen molar-refractivity contribution in [3.8, 4) is 6.19 Å². The Kier molecular flexibility index (Phi) is 4.11. The second-order valence-corrected chi connectivity index (χ2v) is 6.87. The van der Waals surface area contributed by atoms with Gasteiger partial charge in [0.2, 0.25) is 0 Å². The normalized spacial score (nSPS) is 16.7. The molecule has 2 aliphatic heterocycles. The fraction of sp³-hybridized carbons (Fsp3) is 0.286. The number of rotatable bonds is 0. The van der Waals surface area contributed by atoms with Crippen LogP contribution in [-0.2, 0) is 6.18 Å². The van der Waals surface area contributed by atoms with Crippen LogP contribution in [0.5, 0.6) is 0 Å². The average molecular weight is 369 g/mol. The first kappa shape index (κ1) is 17.5. The molecule has 0 bridgehead atoms. The SMILES string of the molecule is CN1c2ccccc2C(=C2CCN(C#N)CC2)c2cc(C(F)(F)F)ccc21. The van der Waals surface area contributed by atoms with Crippen LogP contribution < -0.4 is 4.90 Å². The zero-order valence-corrected chi connectivity index (χ0v) is 14.8. The third kappa shape index (κ3) is 2.93. The first-order valence-corrected chi connectivity index (χ1v) is 8.81. The van der Waals surface area contributed by atoms with Crippen molar-refractivity contribution in [1.29, 1.82) is 5.26 Å². The van der Waals surface area contributed by atoms with E-state index in [0.29, 0.717) is 31.5 Å². The van der Waals surface area contributed by atoms with E-state index in [1.165, 1.54) is 6.07 Å². The number of piperidine rings is 1. The number of hydrogen-bond donors (Lipinski definition) is 0. The second-order valence-electron chi connectivity index (χ2n) is 6.87. The van der Waals surface area contributed by atoms with Crippen molar-refractivity contribution < 1.29 is 13.2 Å². The van der Waals surface area contributed by atoms with Gasteiger partial charge in [-0.15, -0.1) is 0 Å². The molecular weight excluding hydrogens is 351 g/mol. The van der Waals surface area contributed by atoms with E-state index in [9.17, 15) is 13.2 Å². The molecule has 4 rings (SSSR count). The summed E-state index contributed by atoms with van der Waals surface area (Å²) in [5, 5.41) is 9.09. The Morgan fingerprint density at radius 2 is 1.63 bits per heavy atom. The zero-order valence-electron chi connectivity index (χ0n) is 14.8. The van der Waals surface area contributed by atoms with Crippen molar-refractivity contribution in [2.24, 2.45) is 0 Å². The number of halogens is 3. The maximum absolute atomic E-state index is 13.3. The monoisotopic (exact) mass is 369 g/mol. The zero-order chi connectivity index (χ0) is 19.2. The first-order chi connectivity index (χ1) is 12.9. The molecule has 1 saturated heterocycles. The third-order valence-corrected chi connectivity index (χ3v) is 5.35. The summed E-state index contributed by atoms with van der Waals surface area (Å²) in [6.45, 7) is 1.20. The van der Waals surface area contributed by atoms with Gasteiger partial charge in [-0.25, -0.2) is 0 Å². The number of para-hydroxylation sites is 1. The molecule has 0 atom stereocenters. The van der Waals surface area contributed by atoms with Gasteiger partial charge in [0.15, 0.2) is 6.19 Å². The van der Waals surface area contributed by atoms with Crippen molar-refractivity contribution in [3.05, 3.63) is 64.7 Å². The van der Waals surface area contributed by atoms with Crippen LogP contribution in [0, 0.1) is 11.5 Å². The number of hydrogen-bond acceptors (Lipinski definition) is 3. The molecule has 1 fully saturated rings. The lowest BCUT2D eigenvalue weighted by molar-refractivity contribution is -0.137. The van der Waals surface area contributed by atoms with Crippen LogP contribution in [0.3, 0.4) is 0 Å². The number of nitriles is 1. The number of alkyl halides is 3. The smallest absolute Gasteiger partial charge is 0.344 e. The summed E-state index contributed by atoms with van der Waals surface area (Å²) in [4.78, 5) is 3.64. The molecule has 0 saturated carbocycles. The van der Waals surface area contributed by atoms with Gasteiger partial charge in [0, 0.05) is 42.6 Å². The number of nitrogens with zero attached hydrogens (tertiary/aromatic N) is 3. The van der Waals surface area contributed by atoms with Crippen LogP contribution in [0.25, 0.3) is 5.57 Å². The summed E-state index contributed by atoms with van der Waals surface area (Å²) in [5.74, 6) is 0. The predicted octanol–water partition coefficient (Wildman–Crippen LogP) is 5.17. The minimum Gasteiger partial charge on any atom is -0.344 e. The predicted molar refractivity (Wildman–Crippen MR) is 98.4 cm³/mol. The second kappa shape index (κ2) is 6.34. The van der Waals surface area contributed by atoms with E-state index in [1.54, 1.807) is 11.0 Å². The summed E-state index contributed by atoms with van der Waals surface area (Å²) >= 11 is 0. The number of fused-ring (bicyclic) bond motifs is 2. The summed E-state index contributed by atoms with van der Waals surface area (Å²) in [7, 11) is 1.88. The highest BCUT2D eigenvalue weighted by molar-refractivity contribution is 5.99. The maximum Gasteiger partial charge on any atom is 0.416 e. The van der Waals surface area contributed by atoms with Gasteiger partial charge in [-0.1, -0.05) is 23.8 Å². The summed E-state index contributed by atoms with van der Waals surface area (Å²) in [5.41, 5.74) is 4.69. The van der Waals surface area contributed by atoms with Crippen LogP contribution in [0.4, 0.5) is 24.5 Å². The fourth-order valence-electron chi connectivity index (χ4n) is 3.97. The quantitative estimate of drug-likeness (QED) is 0.601. The lowest BCUT2D eigenvalue weighted by Crippen LogP contribution is -2.27. The highest BCUT2D eigenvalue weighted by Gasteiger charge is 2.34. The van der Waals surface area contributed by atoms with Crippen LogP contribution >= 0.6 is 0 Å². The molecular formula is C21H18F3N3. The van der Waals surface area contributed by atoms with E-state index < -0.39 is 11.7 Å². The maximum atomic E-state index is 13.3. The molecule has 3 nitrogen and oxygen atoms in total. The van der Waals surface area contributed by atoms with Crippen molar-refractivity contribution in [2.45, 2.75) is 19.0 Å². The minimum atomic E-state index is -4.38. The number of likely N-dealkylation sites (tertiary alicyclic amines) is 1. The van der Waals surface area contributed by atoms with Gasteiger partial charge in [-0.2, -0.15) is 18.4 Å². The van der Waals surface area contributed by atoms with E-state index in [2.05, 4.69) is 6.19 Å². The van der Waals surface area contributed by atoms with Gasteiger partial charge in [-0.05, 0) is 42.7 Å². The van der Waals surface area contributed by atoms with E-state index in [-0.39, 0.29) is 0 Å². The molecule has 27 heavy (non-hydrogen) atoms. The molecule has 0 amide bonds. The Hall–Kier alpha value is -2.94. The van der Waals surface area contributed by atoms with Crippen LogP contribution in [0.15, 0.2) is 48.0 Å². The molecule has 138 valence electrons. The summed E-state index contributed by atoms with van der Waals surface area (Å²) in [6, 6.07) is 11.8. The molecule has 2 aromatic carbocycles. The molecule has 0 spiro atoms. The van der Waals surface area contributed by atoms with Crippen LogP contribution in [-0.4, -0.2) is 25.0 Å². The average Bonchev–Trinajstić information content (AvgIpc) is 2.67. The molecule has 0 N–H and O–H groups in total. The van der Waals surface area contributed by atoms with Crippen molar-refractivity contribution in [2.75, 3.05) is 25.0 Å². The summed E-state index contributed by atoms with van der Waals surface area (Å²) < 4.78 is 40.0. The lowest BCUT2D eigenvalue weighted by atomic mass is 9.83. The van der Waals surface area contributed by atoms with E-state index in [0.717, 1.165) is 34.2 Å². The van der Waals surface area contributed by atoms with Crippen LogP contribution in [0.1, 0.15) is 29.5 Å². The largest absolute Gasteiger partial charge is 0.416 e. The van der Waals surface area contributed by atoms with Crippen molar-refractivity contribution in [3.63, 3.8) is 0 Å². The van der Waals surface area contributed by atoms with Gasteiger partial charge in [0.1, 0.15) is 0 Å². The lowest BCUT2D eigenvalue weighted by Gasteiger charge is -2.35. The number of anilines is 2. The molecule has 2 aromatic rings. The van der Waals surface area contributed by atoms with E-state index in [1.807, 2.05) is 36.2 Å². The fourth-order valence-corrected chi connectivity index (χ4v) is 3.97.